The van der Waals surface area contributed by atoms with Gasteiger partial charge in [-0.3, -0.25) is 4.79 Å². The van der Waals surface area contributed by atoms with Gasteiger partial charge in [0.15, 0.2) is 17.6 Å². The van der Waals surface area contributed by atoms with Crippen LogP contribution >= 0.6 is 0 Å². The van der Waals surface area contributed by atoms with Crippen molar-refractivity contribution < 1.29 is 23.8 Å². The number of fused-ring (bicyclic) bond motifs is 1. The zero-order valence-electron chi connectivity index (χ0n) is 17.5. The maximum absolute atomic E-state index is 12.4. The first-order valence-corrected chi connectivity index (χ1v) is 9.68. The van der Waals surface area contributed by atoms with Crippen molar-refractivity contribution in [3.05, 3.63) is 53.6 Å². The van der Waals surface area contributed by atoms with E-state index in [0.717, 1.165) is 5.69 Å². The summed E-state index contributed by atoms with van der Waals surface area (Å²) in [6.07, 6.45) is 0.321. The zero-order chi connectivity index (χ0) is 22.4. The van der Waals surface area contributed by atoms with Crippen LogP contribution in [-0.2, 0) is 14.3 Å². The predicted molar refractivity (Wildman–Crippen MR) is 116 cm³/mol. The summed E-state index contributed by atoms with van der Waals surface area (Å²) in [4.78, 5) is 26.7. The zero-order valence-corrected chi connectivity index (χ0v) is 17.5. The second-order valence-corrected chi connectivity index (χ2v) is 7.05. The Morgan fingerprint density at radius 1 is 1.13 bits per heavy atom. The standard InChI is InChI=1S/C23H23N3O5/c1-15(22(27)25-18-6-9-20-21(13-18)30-11-10-29-20)31-23(28)17(14-24)12-16-4-7-19(8-5-16)26(2)3/h4-9,12-13,15H,10-11H2,1-3H3,(H,25,27)/b17-12+/t15-/m0/s1. The number of carbonyl (C=O) groups excluding carboxylic acids is 2. The van der Waals surface area contributed by atoms with Crippen LogP contribution < -0.4 is 19.7 Å². The summed E-state index contributed by atoms with van der Waals surface area (Å²) in [7, 11) is 3.83. The number of carbonyl (C=O) groups is 2. The summed E-state index contributed by atoms with van der Waals surface area (Å²) in [5, 5.41) is 12.0. The van der Waals surface area contributed by atoms with Crippen LogP contribution in [0.3, 0.4) is 0 Å². The number of ether oxygens (including phenoxy) is 3. The van der Waals surface area contributed by atoms with Crippen molar-refractivity contribution in [3.63, 3.8) is 0 Å². The quantitative estimate of drug-likeness (QED) is 0.435. The van der Waals surface area contributed by atoms with E-state index in [9.17, 15) is 14.9 Å². The van der Waals surface area contributed by atoms with Gasteiger partial charge in [0.2, 0.25) is 0 Å². The van der Waals surface area contributed by atoms with Gasteiger partial charge in [-0.15, -0.1) is 0 Å². The second-order valence-electron chi connectivity index (χ2n) is 7.05. The molecule has 0 radical (unpaired) electrons. The van der Waals surface area contributed by atoms with Crippen LogP contribution in [0.5, 0.6) is 11.5 Å². The first-order valence-electron chi connectivity index (χ1n) is 9.68. The number of benzene rings is 2. The van der Waals surface area contributed by atoms with Crippen molar-refractivity contribution in [3.8, 4) is 17.6 Å². The average molecular weight is 421 g/mol. The van der Waals surface area contributed by atoms with Gasteiger partial charge in [-0.1, -0.05) is 12.1 Å². The van der Waals surface area contributed by atoms with Gasteiger partial charge in [-0.2, -0.15) is 5.26 Å². The molecule has 0 saturated heterocycles. The van der Waals surface area contributed by atoms with Crippen LogP contribution in [-0.4, -0.2) is 45.3 Å². The lowest BCUT2D eigenvalue weighted by Gasteiger charge is -2.19. The molecule has 0 bridgehead atoms. The monoisotopic (exact) mass is 421 g/mol. The predicted octanol–water partition coefficient (Wildman–Crippen LogP) is 3.00. The van der Waals surface area contributed by atoms with Gasteiger partial charge >= 0.3 is 5.97 Å². The molecule has 1 amide bonds. The third-order valence-corrected chi connectivity index (χ3v) is 4.52. The Bertz CT molecular complexity index is 1040. The maximum atomic E-state index is 12.4. The Morgan fingerprint density at radius 2 is 1.81 bits per heavy atom. The van der Waals surface area contributed by atoms with Crippen LogP contribution in [0.15, 0.2) is 48.0 Å². The van der Waals surface area contributed by atoms with E-state index >= 15 is 0 Å². The summed E-state index contributed by atoms with van der Waals surface area (Å²) in [5.74, 6) is -0.267. The molecule has 2 aromatic carbocycles. The van der Waals surface area contributed by atoms with Gasteiger partial charge in [0.1, 0.15) is 24.9 Å². The molecule has 0 aromatic heterocycles. The molecule has 0 fully saturated rings. The van der Waals surface area contributed by atoms with Crippen LogP contribution in [0.25, 0.3) is 6.08 Å². The van der Waals surface area contributed by atoms with Crippen molar-refractivity contribution in [1.29, 1.82) is 5.26 Å². The molecular formula is C23H23N3O5. The number of rotatable bonds is 6. The molecule has 8 nitrogen and oxygen atoms in total. The molecule has 31 heavy (non-hydrogen) atoms. The van der Waals surface area contributed by atoms with Crippen molar-refractivity contribution in [2.45, 2.75) is 13.0 Å². The largest absolute Gasteiger partial charge is 0.486 e. The molecule has 3 rings (SSSR count). The Balaban J connectivity index is 1.62. The lowest BCUT2D eigenvalue weighted by Crippen LogP contribution is -2.30. The molecular weight excluding hydrogens is 398 g/mol. The number of nitrogens with one attached hydrogen (secondary N) is 1. The van der Waals surface area contributed by atoms with Gasteiger partial charge in [0, 0.05) is 31.5 Å². The fraction of sp³-hybridized carbons (Fsp3) is 0.261. The first kappa shape index (κ1) is 21.7. The van der Waals surface area contributed by atoms with Gasteiger partial charge < -0.3 is 24.4 Å². The van der Waals surface area contributed by atoms with E-state index in [1.807, 2.05) is 37.2 Å². The van der Waals surface area contributed by atoms with Crippen LogP contribution in [0.1, 0.15) is 12.5 Å². The second kappa shape index (κ2) is 9.67. The molecule has 0 spiro atoms. The molecule has 1 aliphatic rings. The lowest BCUT2D eigenvalue weighted by atomic mass is 10.1. The summed E-state index contributed by atoms with van der Waals surface area (Å²) < 4.78 is 16.1. The minimum atomic E-state index is -1.10. The van der Waals surface area contributed by atoms with E-state index in [0.29, 0.717) is 36.0 Å². The number of hydrogen-bond acceptors (Lipinski definition) is 7. The van der Waals surface area contributed by atoms with E-state index < -0.39 is 18.0 Å². The fourth-order valence-corrected chi connectivity index (χ4v) is 2.81. The van der Waals surface area contributed by atoms with Gasteiger partial charge in [0.25, 0.3) is 5.91 Å². The molecule has 1 N–H and O–H groups in total. The molecule has 0 unspecified atom stereocenters. The Morgan fingerprint density at radius 3 is 2.45 bits per heavy atom. The number of nitrogens with zero attached hydrogens (tertiary/aromatic N) is 2. The SMILES string of the molecule is C[C@H](OC(=O)/C(C#N)=C/c1ccc(N(C)C)cc1)C(=O)Nc1ccc2c(c1)OCCO2. The van der Waals surface area contributed by atoms with Crippen LogP contribution in [0.4, 0.5) is 11.4 Å². The van der Waals surface area contributed by atoms with Crippen molar-refractivity contribution >= 4 is 29.3 Å². The highest BCUT2D eigenvalue weighted by molar-refractivity contribution is 6.01. The lowest BCUT2D eigenvalue weighted by molar-refractivity contribution is -0.148. The number of nitriles is 1. The van der Waals surface area contributed by atoms with E-state index in [1.54, 1.807) is 30.3 Å². The average Bonchev–Trinajstić information content (AvgIpc) is 2.77. The summed E-state index contributed by atoms with van der Waals surface area (Å²) >= 11 is 0. The topological polar surface area (TPSA) is 101 Å². The molecule has 2 aromatic rings. The molecule has 0 aliphatic carbocycles. The number of esters is 1. The third-order valence-electron chi connectivity index (χ3n) is 4.52. The minimum Gasteiger partial charge on any atom is -0.486 e. The molecule has 8 heteroatoms. The minimum absolute atomic E-state index is 0.198. The number of hydrogen-bond donors (Lipinski definition) is 1. The van der Waals surface area contributed by atoms with Gasteiger partial charge in [-0.05, 0) is 42.8 Å². The Labute approximate surface area is 180 Å². The van der Waals surface area contributed by atoms with Gasteiger partial charge in [-0.25, -0.2) is 4.79 Å². The first-order chi connectivity index (χ1) is 14.9. The molecule has 0 saturated carbocycles. The molecule has 160 valence electrons. The van der Waals surface area contributed by atoms with Crippen LogP contribution in [0, 0.1) is 11.3 Å². The van der Waals surface area contributed by atoms with E-state index in [4.69, 9.17) is 14.2 Å². The van der Waals surface area contributed by atoms with Crippen molar-refractivity contribution in [1.82, 2.24) is 0 Å². The number of amides is 1. The Kier molecular flexibility index (Phi) is 6.78. The van der Waals surface area contributed by atoms with Crippen molar-refractivity contribution in [2.75, 3.05) is 37.5 Å². The third kappa shape index (κ3) is 5.54. The normalized spacial score (nSPS) is 13.5. The van der Waals surface area contributed by atoms with E-state index in [1.165, 1.54) is 13.0 Å². The fourth-order valence-electron chi connectivity index (χ4n) is 2.81. The van der Waals surface area contributed by atoms with E-state index in [-0.39, 0.29) is 5.57 Å². The molecule has 1 aliphatic heterocycles. The van der Waals surface area contributed by atoms with Gasteiger partial charge in [0.05, 0.1) is 0 Å². The smallest absolute Gasteiger partial charge is 0.349 e. The maximum Gasteiger partial charge on any atom is 0.349 e. The highest BCUT2D eigenvalue weighted by atomic mass is 16.6. The highest BCUT2D eigenvalue weighted by Crippen LogP contribution is 2.32. The number of anilines is 2. The summed E-state index contributed by atoms with van der Waals surface area (Å²) in [6.45, 7) is 2.34. The molecule has 1 atom stereocenters. The van der Waals surface area contributed by atoms with Crippen LogP contribution in [0.2, 0.25) is 0 Å². The Hall–Kier alpha value is -3.99. The molecule has 1 heterocycles. The van der Waals surface area contributed by atoms with Crippen molar-refractivity contribution in [2.24, 2.45) is 0 Å². The summed E-state index contributed by atoms with van der Waals surface area (Å²) in [6, 6.07) is 14.1. The van der Waals surface area contributed by atoms with E-state index in [2.05, 4.69) is 5.32 Å². The summed E-state index contributed by atoms with van der Waals surface area (Å²) in [5.41, 5.74) is 1.95. The highest BCUT2D eigenvalue weighted by Gasteiger charge is 2.21.